The molecule has 2 nitrogen and oxygen atoms in total. The maximum absolute atomic E-state index is 13.0. The molecule has 1 rings (SSSR count). The molecule has 0 saturated carbocycles. The summed E-state index contributed by atoms with van der Waals surface area (Å²) in [7, 11) is 0. The number of hydrogen-bond acceptors (Lipinski definition) is 1. The molecule has 19 heavy (non-hydrogen) atoms. The molecule has 0 saturated heterocycles. The van der Waals surface area contributed by atoms with Crippen LogP contribution in [0.4, 0.5) is 13.2 Å². The lowest BCUT2D eigenvalue weighted by Crippen LogP contribution is -2.38. The Labute approximate surface area is 111 Å². The number of nitrogens with one attached hydrogen (secondary N) is 1. The van der Waals surface area contributed by atoms with Crippen molar-refractivity contribution in [3.05, 3.63) is 35.9 Å². The number of benzene rings is 1. The molecule has 1 N–H and O–H groups in total. The first-order valence-electron chi connectivity index (χ1n) is 6.21. The Balaban J connectivity index is 2.75. The molecule has 1 unspecified atom stereocenters. The zero-order valence-corrected chi connectivity index (χ0v) is 11.0. The summed E-state index contributed by atoms with van der Waals surface area (Å²) in [6, 6.07) is 5.47. The van der Waals surface area contributed by atoms with Gasteiger partial charge in [-0.05, 0) is 17.9 Å². The van der Waals surface area contributed by atoms with Crippen LogP contribution in [-0.2, 0) is 4.79 Å². The van der Waals surface area contributed by atoms with Gasteiger partial charge in [-0.1, -0.05) is 44.2 Å². The van der Waals surface area contributed by atoms with Gasteiger partial charge in [-0.3, -0.25) is 4.79 Å². The molecule has 0 bridgehead atoms. The zero-order chi connectivity index (χ0) is 14.5. The summed E-state index contributed by atoms with van der Waals surface area (Å²) < 4.78 is 38.9. The van der Waals surface area contributed by atoms with E-state index in [0.29, 0.717) is 6.42 Å². The average molecular weight is 273 g/mol. The van der Waals surface area contributed by atoms with Crippen molar-refractivity contribution in [2.75, 3.05) is 0 Å². The first-order chi connectivity index (χ1) is 8.80. The minimum absolute atomic E-state index is 0.0490. The second-order valence-corrected chi connectivity index (χ2v) is 4.89. The van der Waals surface area contributed by atoms with Crippen molar-refractivity contribution in [3.8, 4) is 0 Å². The van der Waals surface area contributed by atoms with Gasteiger partial charge < -0.3 is 5.32 Å². The van der Waals surface area contributed by atoms with E-state index in [1.165, 1.54) is 24.3 Å². The number of carbonyl (C=O) groups is 1. The molecule has 0 spiro atoms. The summed E-state index contributed by atoms with van der Waals surface area (Å²) in [5.74, 6) is -0.285. The minimum atomic E-state index is -4.49. The second-order valence-electron chi connectivity index (χ2n) is 4.89. The molecule has 106 valence electrons. The molecule has 0 radical (unpaired) electrons. The third-order valence-electron chi connectivity index (χ3n) is 2.71. The Morgan fingerprint density at radius 2 is 1.79 bits per heavy atom. The summed E-state index contributed by atoms with van der Waals surface area (Å²) in [6.07, 6.45) is -3.81. The molecule has 0 aliphatic rings. The van der Waals surface area contributed by atoms with Crippen LogP contribution in [0.15, 0.2) is 30.3 Å². The van der Waals surface area contributed by atoms with Crippen molar-refractivity contribution < 1.29 is 18.0 Å². The van der Waals surface area contributed by atoms with E-state index in [-0.39, 0.29) is 17.9 Å². The Kier molecular flexibility index (Phi) is 5.39. The number of halogens is 3. The van der Waals surface area contributed by atoms with Gasteiger partial charge in [0.05, 0.1) is 0 Å². The van der Waals surface area contributed by atoms with Crippen LogP contribution < -0.4 is 5.32 Å². The van der Waals surface area contributed by atoms with Crippen LogP contribution >= 0.6 is 0 Å². The highest BCUT2D eigenvalue weighted by Crippen LogP contribution is 2.32. The van der Waals surface area contributed by atoms with Crippen LogP contribution in [0.1, 0.15) is 38.3 Å². The van der Waals surface area contributed by atoms with Crippen LogP contribution in [0.25, 0.3) is 0 Å². The van der Waals surface area contributed by atoms with Gasteiger partial charge in [0.15, 0.2) is 6.04 Å². The van der Waals surface area contributed by atoms with E-state index >= 15 is 0 Å². The van der Waals surface area contributed by atoms with Gasteiger partial charge in [0, 0.05) is 6.42 Å². The summed E-state index contributed by atoms with van der Waals surface area (Å²) in [5.41, 5.74) is 0.0490. The standard InChI is InChI=1S/C14H18F3NO/c1-10(2)8-9-12(19)18-13(14(15,16)17)11-6-4-3-5-7-11/h3-7,10,13H,8-9H2,1-2H3,(H,18,19). The van der Waals surface area contributed by atoms with E-state index in [4.69, 9.17) is 0 Å². The fourth-order valence-corrected chi connectivity index (χ4v) is 1.65. The molecular formula is C14H18F3NO. The number of carbonyl (C=O) groups excluding carboxylic acids is 1. The maximum Gasteiger partial charge on any atom is 0.412 e. The van der Waals surface area contributed by atoms with E-state index < -0.39 is 18.1 Å². The topological polar surface area (TPSA) is 29.1 Å². The molecule has 1 atom stereocenters. The predicted octanol–water partition coefficient (Wildman–Crippen LogP) is 3.84. The maximum atomic E-state index is 13.0. The average Bonchev–Trinajstić information content (AvgIpc) is 2.33. The number of hydrogen-bond donors (Lipinski definition) is 1. The Bertz CT molecular complexity index is 401. The van der Waals surface area contributed by atoms with E-state index in [2.05, 4.69) is 5.32 Å². The lowest BCUT2D eigenvalue weighted by Gasteiger charge is -2.22. The Morgan fingerprint density at radius 1 is 1.21 bits per heavy atom. The number of alkyl halides is 3. The third-order valence-corrected chi connectivity index (χ3v) is 2.71. The first kappa shape index (κ1) is 15.5. The van der Waals surface area contributed by atoms with Gasteiger partial charge >= 0.3 is 6.18 Å². The van der Waals surface area contributed by atoms with Crippen molar-refractivity contribution in [1.82, 2.24) is 5.32 Å². The van der Waals surface area contributed by atoms with E-state index in [0.717, 1.165) is 0 Å². The Hall–Kier alpha value is -1.52. The van der Waals surface area contributed by atoms with Gasteiger partial charge in [0.2, 0.25) is 5.91 Å². The lowest BCUT2D eigenvalue weighted by atomic mass is 10.0. The zero-order valence-electron chi connectivity index (χ0n) is 11.0. The van der Waals surface area contributed by atoms with Crippen molar-refractivity contribution in [2.24, 2.45) is 5.92 Å². The molecule has 1 aromatic rings. The molecule has 0 aromatic heterocycles. The molecule has 1 amide bonds. The quantitative estimate of drug-likeness (QED) is 0.867. The monoisotopic (exact) mass is 273 g/mol. The van der Waals surface area contributed by atoms with Crippen LogP contribution in [0.2, 0.25) is 0 Å². The second kappa shape index (κ2) is 6.59. The number of rotatable bonds is 5. The summed E-state index contributed by atoms with van der Waals surface area (Å²) in [4.78, 5) is 11.6. The van der Waals surface area contributed by atoms with Crippen LogP contribution in [0.5, 0.6) is 0 Å². The fourth-order valence-electron chi connectivity index (χ4n) is 1.65. The summed E-state index contributed by atoms with van der Waals surface area (Å²) in [5, 5.41) is 2.06. The van der Waals surface area contributed by atoms with Crippen molar-refractivity contribution in [3.63, 3.8) is 0 Å². The van der Waals surface area contributed by atoms with E-state index in [1.54, 1.807) is 6.07 Å². The minimum Gasteiger partial charge on any atom is -0.341 e. The highest BCUT2D eigenvalue weighted by atomic mass is 19.4. The largest absolute Gasteiger partial charge is 0.412 e. The molecule has 0 aliphatic heterocycles. The van der Waals surface area contributed by atoms with Gasteiger partial charge in [0.1, 0.15) is 0 Å². The van der Waals surface area contributed by atoms with Crippen LogP contribution in [-0.4, -0.2) is 12.1 Å². The van der Waals surface area contributed by atoms with Gasteiger partial charge in [-0.2, -0.15) is 13.2 Å². The molecular weight excluding hydrogens is 255 g/mol. The third kappa shape index (κ3) is 5.32. The van der Waals surface area contributed by atoms with Gasteiger partial charge in [0.25, 0.3) is 0 Å². The fraction of sp³-hybridized carbons (Fsp3) is 0.500. The van der Waals surface area contributed by atoms with Gasteiger partial charge in [-0.15, -0.1) is 0 Å². The number of amides is 1. The van der Waals surface area contributed by atoms with Gasteiger partial charge in [-0.25, -0.2) is 0 Å². The predicted molar refractivity (Wildman–Crippen MR) is 67.5 cm³/mol. The highest BCUT2D eigenvalue weighted by molar-refractivity contribution is 5.76. The van der Waals surface area contributed by atoms with Crippen molar-refractivity contribution in [2.45, 2.75) is 38.9 Å². The smallest absolute Gasteiger partial charge is 0.341 e. The molecule has 0 fully saturated rings. The van der Waals surface area contributed by atoms with Crippen LogP contribution in [0.3, 0.4) is 0 Å². The van der Waals surface area contributed by atoms with Crippen LogP contribution in [0, 0.1) is 5.92 Å². The molecule has 1 aromatic carbocycles. The van der Waals surface area contributed by atoms with Crippen molar-refractivity contribution in [1.29, 1.82) is 0 Å². The summed E-state index contributed by atoms with van der Waals surface area (Å²) >= 11 is 0. The highest BCUT2D eigenvalue weighted by Gasteiger charge is 2.41. The normalized spacial score (nSPS) is 13.4. The molecule has 0 aliphatic carbocycles. The van der Waals surface area contributed by atoms with Crippen molar-refractivity contribution >= 4 is 5.91 Å². The Morgan fingerprint density at radius 3 is 2.26 bits per heavy atom. The van der Waals surface area contributed by atoms with E-state index in [1.807, 2.05) is 13.8 Å². The van der Waals surface area contributed by atoms with E-state index in [9.17, 15) is 18.0 Å². The molecule has 5 heteroatoms. The first-order valence-corrected chi connectivity index (χ1v) is 6.21. The lowest BCUT2D eigenvalue weighted by molar-refractivity contribution is -0.163. The molecule has 0 heterocycles. The SMILES string of the molecule is CC(C)CCC(=O)NC(c1ccccc1)C(F)(F)F. The summed E-state index contributed by atoms with van der Waals surface area (Å²) in [6.45, 7) is 3.84.